The first kappa shape index (κ1) is 24.5. The van der Waals surface area contributed by atoms with Crippen LogP contribution in [0.15, 0.2) is 24.3 Å². The van der Waals surface area contributed by atoms with Crippen molar-refractivity contribution in [2.24, 2.45) is 5.92 Å². The van der Waals surface area contributed by atoms with Gasteiger partial charge in [0.25, 0.3) is 0 Å². The number of carbonyl (C=O) groups excluding carboxylic acids is 3. The highest BCUT2D eigenvalue weighted by molar-refractivity contribution is 6.05. The van der Waals surface area contributed by atoms with Crippen molar-refractivity contribution < 1.29 is 27.6 Å². The summed E-state index contributed by atoms with van der Waals surface area (Å²) in [7, 11) is 0. The van der Waals surface area contributed by atoms with Gasteiger partial charge in [-0.25, -0.2) is 0 Å². The topological polar surface area (TPSA) is 81.8 Å². The zero-order valence-corrected chi connectivity index (χ0v) is 19.1. The average molecular weight is 481 g/mol. The number of para-hydroxylation sites is 2. The summed E-state index contributed by atoms with van der Waals surface area (Å²) >= 11 is 0. The number of likely N-dealkylation sites (tertiary alicyclic amines) is 1. The maximum atomic E-state index is 13.9. The molecular weight excluding hydrogens is 449 g/mol. The van der Waals surface area contributed by atoms with E-state index in [2.05, 4.69) is 10.6 Å². The molecule has 3 aliphatic rings. The largest absolute Gasteiger partial charge is 0.409 e. The molecule has 186 valence electrons. The number of nitrogens with one attached hydrogen (secondary N) is 2. The van der Waals surface area contributed by atoms with Crippen molar-refractivity contribution in [3.05, 3.63) is 24.3 Å². The van der Waals surface area contributed by atoms with Gasteiger partial charge in [0.1, 0.15) is 6.04 Å². The highest BCUT2D eigenvalue weighted by atomic mass is 19.4. The van der Waals surface area contributed by atoms with E-state index in [1.807, 2.05) is 4.90 Å². The van der Waals surface area contributed by atoms with Crippen LogP contribution in [0.2, 0.25) is 0 Å². The number of hydrogen-bond acceptors (Lipinski definition) is 4. The van der Waals surface area contributed by atoms with Gasteiger partial charge in [-0.1, -0.05) is 31.4 Å². The Morgan fingerprint density at radius 3 is 2.38 bits per heavy atom. The summed E-state index contributed by atoms with van der Waals surface area (Å²) in [6.07, 6.45) is 0.881. The van der Waals surface area contributed by atoms with E-state index < -0.39 is 30.5 Å². The fraction of sp³-hybridized carbons (Fsp3) is 0.625. The maximum Gasteiger partial charge on any atom is 0.409 e. The van der Waals surface area contributed by atoms with Crippen molar-refractivity contribution >= 4 is 29.1 Å². The molecule has 1 unspecified atom stereocenters. The predicted octanol–water partition coefficient (Wildman–Crippen LogP) is 3.45. The summed E-state index contributed by atoms with van der Waals surface area (Å²) in [4.78, 5) is 40.4. The number of fused-ring (bicyclic) bond motifs is 1. The molecule has 2 heterocycles. The van der Waals surface area contributed by atoms with E-state index in [9.17, 15) is 27.6 Å². The monoisotopic (exact) mass is 480 g/mol. The van der Waals surface area contributed by atoms with E-state index in [1.165, 1.54) is 18.6 Å². The second kappa shape index (κ2) is 10.3. The molecule has 7 nitrogen and oxygen atoms in total. The summed E-state index contributed by atoms with van der Waals surface area (Å²) < 4.78 is 41.6. The first-order valence-corrected chi connectivity index (χ1v) is 12.0. The van der Waals surface area contributed by atoms with Crippen molar-refractivity contribution in [3.8, 4) is 0 Å². The minimum absolute atomic E-state index is 0.0180. The van der Waals surface area contributed by atoms with Crippen LogP contribution in [-0.2, 0) is 14.4 Å². The van der Waals surface area contributed by atoms with Crippen molar-refractivity contribution in [3.63, 3.8) is 0 Å². The third-order valence-corrected chi connectivity index (χ3v) is 7.04. The van der Waals surface area contributed by atoms with Gasteiger partial charge in [0, 0.05) is 25.0 Å². The van der Waals surface area contributed by atoms with Crippen molar-refractivity contribution in [1.29, 1.82) is 0 Å². The molecule has 2 N–H and O–H groups in total. The van der Waals surface area contributed by atoms with E-state index >= 15 is 0 Å². The molecular formula is C24H31F3N4O3. The quantitative estimate of drug-likeness (QED) is 0.692. The van der Waals surface area contributed by atoms with Gasteiger partial charge in [-0.05, 0) is 37.8 Å². The van der Waals surface area contributed by atoms with Gasteiger partial charge in [0.2, 0.25) is 17.7 Å². The van der Waals surface area contributed by atoms with Gasteiger partial charge < -0.3 is 10.6 Å². The first-order valence-electron chi connectivity index (χ1n) is 12.0. The van der Waals surface area contributed by atoms with E-state index in [0.717, 1.165) is 30.6 Å². The molecule has 0 spiro atoms. The molecule has 1 aliphatic carbocycles. The molecule has 1 saturated heterocycles. The Balaban J connectivity index is 1.39. The minimum Gasteiger partial charge on any atom is -0.353 e. The van der Waals surface area contributed by atoms with Crippen molar-refractivity contribution in [2.45, 2.75) is 69.6 Å². The molecule has 1 aromatic carbocycles. The molecule has 1 aromatic rings. The number of anilines is 2. The zero-order valence-electron chi connectivity index (χ0n) is 19.1. The second-order valence-electron chi connectivity index (χ2n) is 9.48. The summed E-state index contributed by atoms with van der Waals surface area (Å²) in [6, 6.07) is 3.85. The van der Waals surface area contributed by atoms with Gasteiger partial charge in [0.15, 0.2) is 0 Å². The standard InChI is InChI=1S/C24H31F3N4O3/c25-24(26,27)20-14-21(32)29-18-8-4-5-9-19(18)31(20)22(33)15-30-12-10-17(11-13-30)28-23(34)16-6-2-1-3-7-16/h4-5,8-9,16-17,20H,1-3,6-7,10-15H2,(H,28,34)(H,29,32). The number of halogens is 3. The number of nitrogens with zero attached hydrogens (tertiary/aromatic N) is 2. The first-order chi connectivity index (χ1) is 16.2. The van der Waals surface area contributed by atoms with Crippen LogP contribution in [-0.4, -0.2) is 60.5 Å². The molecule has 0 radical (unpaired) electrons. The molecule has 4 rings (SSSR count). The molecule has 2 fully saturated rings. The molecule has 3 amide bonds. The Kier molecular flexibility index (Phi) is 7.45. The lowest BCUT2D eigenvalue weighted by molar-refractivity contribution is -0.158. The maximum absolute atomic E-state index is 13.9. The molecule has 34 heavy (non-hydrogen) atoms. The number of carbonyl (C=O) groups is 3. The SMILES string of the molecule is O=C1CC(C(F)(F)F)N(C(=O)CN2CCC(NC(=O)C3CCCCC3)CC2)c2ccccc2N1. The predicted molar refractivity (Wildman–Crippen MR) is 121 cm³/mol. The smallest absolute Gasteiger partial charge is 0.353 e. The fourth-order valence-electron chi connectivity index (χ4n) is 5.18. The third kappa shape index (κ3) is 5.71. The second-order valence-corrected chi connectivity index (χ2v) is 9.48. The number of alkyl halides is 3. The van der Waals surface area contributed by atoms with Crippen LogP contribution in [0.4, 0.5) is 24.5 Å². The molecule has 1 saturated carbocycles. The molecule has 10 heteroatoms. The van der Waals surface area contributed by atoms with Crippen LogP contribution in [0.3, 0.4) is 0 Å². The van der Waals surface area contributed by atoms with Crippen LogP contribution < -0.4 is 15.5 Å². The Morgan fingerprint density at radius 1 is 1.03 bits per heavy atom. The Morgan fingerprint density at radius 2 is 1.71 bits per heavy atom. The van der Waals surface area contributed by atoms with Crippen LogP contribution in [0.5, 0.6) is 0 Å². The zero-order chi connectivity index (χ0) is 24.3. The molecule has 1 atom stereocenters. The molecule has 2 aliphatic heterocycles. The van der Waals surface area contributed by atoms with Gasteiger partial charge in [0.05, 0.1) is 24.3 Å². The average Bonchev–Trinajstić information content (AvgIpc) is 2.96. The van der Waals surface area contributed by atoms with E-state index in [4.69, 9.17) is 0 Å². The number of hydrogen-bond donors (Lipinski definition) is 2. The third-order valence-electron chi connectivity index (χ3n) is 7.04. The van der Waals surface area contributed by atoms with Gasteiger partial charge in [-0.2, -0.15) is 13.2 Å². The van der Waals surface area contributed by atoms with Gasteiger partial charge in [-0.15, -0.1) is 0 Å². The summed E-state index contributed by atoms with van der Waals surface area (Å²) in [6.45, 7) is 0.827. The minimum atomic E-state index is -4.75. The highest BCUT2D eigenvalue weighted by Gasteiger charge is 2.49. The molecule has 0 bridgehead atoms. The fourth-order valence-corrected chi connectivity index (χ4v) is 5.18. The Bertz CT molecular complexity index is 909. The van der Waals surface area contributed by atoms with Crippen LogP contribution in [0.25, 0.3) is 0 Å². The van der Waals surface area contributed by atoms with Crippen LogP contribution >= 0.6 is 0 Å². The van der Waals surface area contributed by atoms with Crippen LogP contribution in [0, 0.1) is 5.92 Å². The molecule has 0 aromatic heterocycles. The number of benzene rings is 1. The number of rotatable bonds is 4. The summed E-state index contributed by atoms with van der Waals surface area (Å²) in [5.41, 5.74) is 0.243. The lowest BCUT2D eigenvalue weighted by Crippen LogP contribution is -2.54. The number of amides is 3. The van der Waals surface area contributed by atoms with Crippen LogP contribution in [0.1, 0.15) is 51.4 Å². The van der Waals surface area contributed by atoms with Gasteiger partial charge in [-0.3, -0.25) is 24.2 Å². The van der Waals surface area contributed by atoms with E-state index in [1.54, 1.807) is 12.1 Å². The summed E-state index contributed by atoms with van der Waals surface area (Å²) in [5.74, 6) is -1.30. The van der Waals surface area contributed by atoms with Crippen molar-refractivity contribution in [2.75, 3.05) is 29.9 Å². The normalized spacial score (nSPS) is 23.1. The highest BCUT2D eigenvalue weighted by Crippen LogP contribution is 2.37. The number of piperidine rings is 1. The van der Waals surface area contributed by atoms with Crippen molar-refractivity contribution in [1.82, 2.24) is 10.2 Å². The van der Waals surface area contributed by atoms with Gasteiger partial charge >= 0.3 is 6.18 Å². The lowest BCUT2D eigenvalue weighted by atomic mass is 9.88. The summed E-state index contributed by atoms with van der Waals surface area (Å²) in [5, 5.41) is 5.60. The van der Waals surface area contributed by atoms with E-state index in [0.29, 0.717) is 25.9 Å². The van der Waals surface area contributed by atoms with E-state index in [-0.39, 0.29) is 35.8 Å². The Labute approximate surface area is 197 Å². The Hall–Kier alpha value is -2.62. The lowest BCUT2D eigenvalue weighted by Gasteiger charge is -2.36.